The molecule has 1 amide bonds. The molecule has 2 aromatic rings. The summed E-state index contributed by atoms with van der Waals surface area (Å²) in [6, 6.07) is 13.7. The number of ether oxygens (including phenoxy) is 1. The SMILES string of the molecule is COc1ccc(NC(=O)C(C)NS(=O)(=O)c2ccccc2)cc1. The van der Waals surface area contributed by atoms with E-state index in [-0.39, 0.29) is 4.90 Å². The fraction of sp³-hybridized carbons (Fsp3) is 0.188. The first kappa shape index (κ1) is 17.0. The Morgan fingerprint density at radius 2 is 1.65 bits per heavy atom. The van der Waals surface area contributed by atoms with Crippen LogP contribution in [0.5, 0.6) is 5.75 Å². The second-order valence-electron chi connectivity index (χ2n) is 4.87. The lowest BCUT2D eigenvalue weighted by Crippen LogP contribution is -2.41. The Kier molecular flexibility index (Phi) is 5.36. The summed E-state index contributed by atoms with van der Waals surface area (Å²) in [6.07, 6.45) is 0. The molecule has 0 aliphatic carbocycles. The number of rotatable bonds is 6. The van der Waals surface area contributed by atoms with E-state index in [0.717, 1.165) is 0 Å². The van der Waals surface area contributed by atoms with Gasteiger partial charge in [-0.15, -0.1) is 0 Å². The van der Waals surface area contributed by atoms with Crippen molar-refractivity contribution in [2.45, 2.75) is 17.9 Å². The summed E-state index contributed by atoms with van der Waals surface area (Å²) in [5.41, 5.74) is 0.557. The minimum atomic E-state index is -3.74. The third kappa shape index (κ3) is 4.54. The molecule has 0 aliphatic rings. The van der Waals surface area contributed by atoms with Gasteiger partial charge in [-0.1, -0.05) is 18.2 Å². The van der Waals surface area contributed by atoms with Crippen LogP contribution in [-0.2, 0) is 14.8 Å². The third-order valence-electron chi connectivity index (χ3n) is 3.14. The third-order valence-corrected chi connectivity index (χ3v) is 4.69. The van der Waals surface area contributed by atoms with Crippen molar-refractivity contribution in [3.8, 4) is 5.75 Å². The standard InChI is InChI=1S/C16H18N2O4S/c1-12(18-23(20,21)15-6-4-3-5-7-15)16(19)17-13-8-10-14(22-2)11-9-13/h3-12,18H,1-2H3,(H,17,19). The van der Waals surface area contributed by atoms with Gasteiger partial charge >= 0.3 is 0 Å². The van der Waals surface area contributed by atoms with Crippen molar-refractivity contribution in [2.75, 3.05) is 12.4 Å². The highest BCUT2D eigenvalue weighted by Crippen LogP contribution is 2.15. The lowest BCUT2D eigenvalue weighted by molar-refractivity contribution is -0.117. The topological polar surface area (TPSA) is 84.5 Å². The molecule has 0 fully saturated rings. The average Bonchev–Trinajstić information content (AvgIpc) is 2.56. The van der Waals surface area contributed by atoms with Crippen LogP contribution in [0, 0.1) is 0 Å². The van der Waals surface area contributed by atoms with E-state index < -0.39 is 22.0 Å². The lowest BCUT2D eigenvalue weighted by Gasteiger charge is -2.14. The molecule has 0 radical (unpaired) electrons. The molecule has 0 bridgehead atoms. The molecule has 7 heteroatoms. The lowest BCUT2D eigenvalue weighted by atomic mass is 10.2. The molecule has 0 saturated heterocycles. The number of methoxy groups -OCH3 is 1. The Bertz CT molecular complexity index is 758. The van der Waals surface area contributed by atoms with Crippen LogP contribution in [0.3, 0.4) is 0 Å². The molecule has 2 N–H and O–H groups in total. The van der Waals surface area contributed by atoms with Crippen LogP contribution in [0.25, 0.3) is 0 Å². The van der Waals surface area contributed by atoms with E-state index in [1.807, 2.05) is 0 Å². The minimum absolute atomic E-state index is 0.115. The van der Waals surface area contributed by atoms with Crippen molar-refractivity contribution in [1.29, 1.82) is 0 Å². The molecule has 1 atom stereocenters. The summed E-state index contributed by atoms with van der Waals surface area (Å²) in [4.78, 5) is 12.2. The first-order valence-corrected chi connectivity index (χ1v) is 8.43. The van der Waals surface area contributed by atoms with Gasteiger partial charge in [0.25, 0.3) is 0 Å². The molecular formula is C16H18N2O4S. The molecule has 0 aliphatic heterocycles. The molecule has 0 saturated carbocycles. The van der Waals surface area contributed by atoms with E-state index in [0.29, 0.717) is 11.4 Å². The van der Waals surface area contributed by atoms with Crippen LogP contribution in [-0.4, -0.2) is 27.5 Å². The summed E-state index contributed by atoms with van der Waals surface area (Å²) >= 11 is 0. The summed E-state index contributed by atoms with van der Waals surface area (Å²) in [6.45, 7) is 1.49. The molecule has 1 unspecified atom stereocenters. The van der Waals surface area contributed by atoms with Gasteiger partial charge in [0.05, 0.1) is 18.0 Å². The highest BCUT2D eigenvalue weighted by atomic mass is 32.2. The monoisotopic (exact) mass is 334 g/mol. The van der Waals surface area contributed by atoms with Crippen molar-refractivity contribution < 1.29 is 17.9 Å². The summed E-state index contributed by atoms with van der Waals surface area (Å²) in [5, 5.41) is 2.65. The van der Waals surface area contributed by atoms with Gasteiger partial charge in [-0.25, -0.2) is 8.42 Å². The first-order chi connectivity index (χ1) is 10.9. The quantitative estimate of drug-likeness (QED) is 0.846. The summed E-state index contributed by atoms with van der Waals surface area (Å²) in [7, 11) is -2.19. The number of nitrogens with one attached hydrogen (secondary N) is 2. The number of anilines is 1. The molecule has 6 nitrogen and oxygen atoms in total. The van der Waals surface area contributed by atoms with Crippen LogP contribution in [0.2, 0.25) is 0 Å². The van der Waals surface area contributed by atoms with Crippen LogP contribution in [0.15, 0.2) is 59.5 Å². The Morgan fingerprint density at radius 1 is 1.04 bits per heavy atom. The van der Waals surface area contributed by atoms with Crippen molar-refractivity contribution >= 4 is 21.6 Å². The molecule has 23 heavy (non-hydrogen) atoms. The van der Waals surface area contributed by atoms with Gasteiger partial charge in [0.2, 0.25) is 15.9 Å². The summed E-state index contributed by atoms with van der Waals surface area (Å²) < 4.78 is 31.7. The number of hydrogen-bond acceptors (Lipinski definition) is 4. The normalized spacial score (nSPS) is 12.4. The van der Waals surface area contributed by atoms with Crippen molar-refractivity contribution in [2.24, 2.45) is 0 Å². The molecular weight excluding hydrogens is 316 g/mol. The Labute approximate surface area is 135 Å². The van der Waals surface area contributed by atoms with E-state index >= 15 is 0 Å². The molecule has 2 rings (SSSR count). The van der Waals surface area contributed by atoms with Crippen molar-refractivity contribution in [1.82, 2.24) is 4.72 Å². The van der Waals surface area contributed by atoms with E-state index in [1.165, 1.54) is 19.1 Å². The predicted octanol–water partition coefficient (Wildman–Crippen LogP) is 2.00. The molecule has 2 aromatic carbocycles. The van der Waals surface area contributed by atoms with E-state index in [2.05, 4.69) is 10.0 Å². The number of carbonyl (C=O) groups excluding carboxylic acids is 1. The maximum absolute atomic E-state index is 12.2. The maximum Gasteiger partial charge on any atom is 0.242 e. The molecule has 122 valence electrons. The highest BCUT2D eigenvalue weighted by Gasteiger charge is 2.21. The largest absolute Gasteiger partial charge is 0.497 e. The van der Waals surface area contributed by atoms with Gasteiger partial charge in [-0.3, -0.25) is 4.79 Å². The second-order valence-corrected chi connectivity index (χ2v) is 6.59. The zero-order chi connectivity index (χ0) is 16.9. The maximum atomic E-state index is 12.2. The van der Waals surface area contributed by atoms with Crippen molar-refractivity contribution in [3.05, 3.63) is 54.6 Å². The van der Waals surface area contributed by atoms with Crippen molar-refractivity contribution in [3.63, 3.8) is 0 Å². The van der Waals surface area contributed by atoms with Gasteiger partial charge < -0.3 is 10.1 Å². The van der Waals surface area contributed by atoms with Gasteiger partial charge in [-0.05, 0) is 43.3 Å². The summed E-state index contributed by atoms with van der Waals surface area (Å²) in [5.74, 6) is 0.218. The van der Waals surface area contributed by atoms with Gasteiger partial charge in [-0.2, -0.15) is 4.72 Å². The number of hydrogen-bond donors (Lipinski definition) is 2. The van der Waals surface area contributed by atoms with Gasteiger partial charge in [0, 0.05) is 5.69 Å². The minimum Gasteiger partial charge on any atom is -0.497 e. The Balaban J connectivity index is 2.02. The van der Waals surface area contributed by atoms with E-state index in [1.54, 1.807) is 49.6 Å². The second kappa shape index (κ2) is 7.26. The highest BCUT2D eigenvalue weighted by molar-refractivity contribution is 7.89. The smallest absolute Gasteiger partial charge is 0.242 e. The van der Waals surface area contributed by atoms with Gasteiger partial charge in [0.15, 0.2) is 0 Å². The number of benzene rings is 2. The average molecular weight is 334 g/mol. The zero-order valence-corrected chi connectivity index (χ0v) is 13.6. The molecule has 0 aromatic heterocycles. The Hall–Kier alpha value is -2.38. The number of sulfonamides is 1. The first-order valence-electron chi connectivity index (χ1n) is 6.94. The number of carbonyl (C=O) groups is 1. The van der Waals surface area contributed by atoms with Gasteiger partial charge in [0.1, 0.15) is 5.75 Å². The molecule has 0 heterocycles. The fourth-order valence-electron chi connectivity index (χ4n) is 1.88. The van der Waals surface area contributed by atoms with E-state index in [4.69, 9.17) is 4.74 Å². The van der Waals surface area contributed by atoms with Crippen LogP contribution >= 0.6 is 0 Å². The van der Waals surface area contributed by atoms with Crippen LogP contribution < -0.4 is 14.8 Å². The molecule has 0 spiro atoms. The van der Waals surface area contributed by atoms with Crippen LogP contribution in [0.1, 0.15) is 6.92 Å². The Morgan fingerprint density at radius 3 is 2.22 bits per heavy atom. The predicted molar refractivity (Wildman–Crippen MR) is 87.8 cm³/mol. The van der Waals surface area contributed by atoms with E-state index in [9.17, 15) is 13.2 Å². The zero-order valence-electron chi connectivity index (χ0n) is 12.8. The van der Waals surface area contributed by atoms with Crippen LogP contribution in [0.4, 0.5) is 5.69 Å². The fourth-order valence-corrected chi connectivity index (χ4v) is 3.10. The number of amides is 1.